The van der Waals surface area contributed by atoms with Gasteiger partial charge in [0, 0.05) is 6.54 Å². The van der Waals surface area contributed by atoms with Crippen LogP contribution < -0.4 is 5.32 Å². The minimum absolute atomic E-state index is 0.0313. The quantitative estimate of drug-likeness (QED) is 0.883. The van der Waals surface area contributed by atoms with E-state index in [2.05, 4.69) is 17.4 Å². The number of hydrogen-bond acceptors (Lipinski definition) is 2. The Hall–Kier alpha value is -2.13. The highest BCUT2D eigenvalue weighted by Gasteiger charge is 2.11. The minimum atomic E-state index is 0.0313. The van der Waals surface area contributed by atoms with Gasteiger partial charge in [-0.25, -0.2) is 0 Å². The van der Waals surface area contributed by atoms with Crippen molar-refractivity contribution < 1.29 is 4.79 Å². The van der Waals surface area contributed by atoms with Crippen LogP contribution in [0.3, 0.4) is 0 Å². The second kappa shape index (κ2) is 7.60. The van der Waals surface area contributed by atoms with Gasteiger partial charge in [-0.15, -0.1) is 0 Å². The summed E-state index contributed by atoms with van der Waals surface area (Å²) >= 11 is 0. The van der Waals surface area contributed by atoms with Crippen LogP contribution in [0.2, 0.25) is 0 Å². The Kier molecular flexibility index (Phi) is 5.52. The molecule has 2 aromatic carbocycles. The molecule has 0 aliphatic carbocycles. The van der Waals surface area contributed by atoms with E-state index in [1.165, 1.54) is 5.56 Å². The molecule has 0 spiro atoms. The van der Waals surface area contributed by atoms with Gasteiger partial charge in [-0.05, 0) is 25.1 Å². The second-order valence-electron chi connectivity index (χ2n) is 5.36. The van der Waals surface area contributed by atoms with E-state index in [1.54, 1.807) is 0 Å². The molecule has 0 saturated carbocycles. The van der Waals surface area contributed by atoms with Crippen LogP contribution in [0.15, 0.2) is 60.7 Å². The topological polar surface area (TPSA) is 32.3 Å². The number of likely N-dealkylation sites (N-methyl/N-ethyl adjacent to an activating group) is 1. The fourth-order valence-electron chi connectivity index (χ4n) is 2.31. The molecule has 0 bridgehead atoms. The van der Waals surface area contributed by atoms with Crippen LogP contribution in [0.4, 0.5) is 0 Å². The van der Waals surface area contributed by atoms with Crippen molar-refractivity contribution in [1.29, 1.82) is 0 Å². The van der Waals surface area contributed by atoms with Crippen LogP contribution in [-0.2, 0) is 11.3 Å². The standard InChI is InChI=1S/C18H22N2O/c1-15(17-11-7-4-8-12-17)19-18(21)14-20(2)13-16-9-5-3-6-10-16/h3-12,15H,13-14H2,1-2H3,(H,19,21). The molecule has 1 unspecified atom stereocenters. The third-order valence-corrected chi connectivity index (χ3v) is 3.39. The molecule has 1 atom stereocenters. The van der Waals surface area contributed by atoms with E-state index in [0.717, 1.165) is 12.1 Å². The number of nitrogens with zero attached hydrogens (tertiary/aromatic N) is 1. The first kappa shape index (κ1) is 15.3. The van der Waals surface area contributed by atoms with Crippen molar-refractivity contribution >= 4 is 5.91 Å². The average molecular weight is 282 g/mol. The van der Waals surface area contributed by atoms with E-state index in [9.17, 15) is 4.79 Å². The lowest BCUT2D eigenvalue weighted by Gasteiger charge is -2.19. The molecular weight excluding hydrogens is 260 g/mol. The van der Waals surface area contributed by atoms with E-state index in [0.29, 0.717) is 6.54 Å². The summed E-state index contributed by atoms with van der Waals surface area (Å²) in [6.07, 6.45) is 0. The zero-order valence-corrected chi connectivity index (χ0v) is 12.6. The Morgan fingerprint density at radius 3 is 2.24 bits per heavy atom. The maximum absolute atomic E-state index is 12.1. The van der Waals surface area contributed by atoms with Gasteiger partial charge in [-0.1, -0.05) is 60.7 Å². The summed E-state index contributed by atoms with van der Waals surface area (Å²) in [5.74, 6) is 0.0461. The Morgan fingerprint density at radius 1 is 1.05 bits per heavy atom. The van der Waals surface area contributed by atoms with Crippen LogP contribution in [0.25, 0.3) is 0 Å². The van der Waals surface area contributed by atoms with Gasteiger partial charge in [-0.2, -0.15) is 0 Å². The fourth-order valence-corrected chi connectivity index (χ4v) is 2.31. The number of amides is 1. The lowest BCUT2D eigenvalue weighted by atomic mass is 10.1. The minimum Gasteiger partial charge on any atom is -0.348 e. The SMILES string of the molecule is CC(NC(=O)CN(C)Cc1ccccc1)c1ccccc1. The van der Waals surface area contributed by atoms with Gasteiger partial charge in [0.15, 0.2) is 0 Å². The maximum atomic E-state index is 12.1. The molecule has 2 aromatic rings. The molecule has 1 amide bonds. The number of benzene rings is 2. The Bertz CT molecular complexity index is 554. The first-order valence-electron chi connectivity index (χ1n) is 7.22. The summed E-state index contributed by atoms with van der Waals surface area (Å²) in [5.41, 5.74) is 2.33. The van der Waals surface area contributed by atoms with Crippen molar-refractivity contribution in [2.75, 3.05) is 13.6 Å². The van der Waals surface area contributed by atoms with E-state index in [-0.39, 0.29) is 11.9 Å². The third-order valence-electron chi connectivity index (χ3n) is 3.39. The zero-order chi connectivity index (χ0) is 15.1. The first-order chi connectivity index (χ1) is 10.1. The van der Waals surface area contributed by atoms with Crippen LogP contribution in [0, 0.1) is 0 Å². The van der Waals surface area contributed by atoms with Crippen LogP contribution >= 0.6 is 0 Å². The molecule has 3 heteroatoms. The largest absolute Gasteiger partial charge is 0.348 e. The van der Waals surface area contributed by atoms with Crippen molar-refractivity contribution in [1.82, 2.24) is 10.2 Å². The Balaban J connectivity index is 1.81. The Labute approximate surface area is 126 Å². The fraction of sp³-hybridized carbons (Fsp3) is 0.278. The summed E-state index contributed by atoms with van der Waals surface area (Å²) in [5, 5.41) is 3.03. The number of carbonyl (C=O) groups excluding carboxylic acids is 1. The number of nitrogens with one attached hydrogen (secondary N) is 1. The molecule has 1 N–H and O–H groups in total. The summed E-state index contributed by atoms with van der Waals surface area (Å²) in [6, 6.07) is 20.2. The smallest absolute Gasteiger partial charge is 0.234 e. The van der Waals surface area contributed by atoms with E-state index >= 15 is 0 Å². The molecule has 0 aliphatic rings. The second-order valence-corrected chi connectivity index (χ2v) is 5.36. The maximum Gasteiger partial charge on any atom is 0.234 e. The van der Waals surface area contributed by atoms with Crippen LogP contribution in [0.5, 0.6) is 0 Å². The van der Waals surface area contributed by atoms with Gasteiger partial charge >= 0.3 is 0 Å². The van der Waals surface area contributed by atoms with Crippen LogP contribution in [-0.4, -0.2) is 24.4 Å². The van der Waals surface area contributed by atoms with Gasteiger partial charge in [0.1, 0.15) is 0 Å². The van der Waals surface area contributed by atoms with E-state index < -0.39 is 0 Å². The molecule has 0 aromatic heterocycles. The normalized spacial score (nSPS) is 12.1. The first-order valence-corrected chi connectivity index (χ1v) is 7.22. The van der Waals surface area contributed by atoms with E-state index in [1.807, 2.05) is 67.4 Å². The molecule has 0 heterocycles. The molecule has 2 rings (SSSR count). The van der Waals surface area contributed by atoms with Crippen molar-refractivity contribution in [2.24, 2.45) is 0 Å². The van der Waals surface area contributed by atoms with Crippen molar-refractivity contribution in [3.8, 4) is 0 Å². The van der Waals surface area contributed by atoms with Crippen LogP contribution in [0.1, 0.15) is 24.1 Å². The molecule has 0 fully saturated rings. The molecule has 110 valence electrons. The highest BCUT2D eigenvalue weighted by molar-refractivity contribution is 5.78. The van der Waals surface area contributed by atoms with Gasteiger partial charge in [-0.3, -0.25) is 9.69 Å². The van der Waals surface area contributed by atoms with Gasteiger partial charge in [0.25, 0.3) is 0 Å². The summed E-state index contributed by atoms with van der Waals surface area (Å²) in [7, 11) is 1.96. The van der Waals surface area contributed by atoms with Gasteiger partial charge < -0.3 is 5.32 Å². The summed E-state index contributed by atoms with van der Waals surface area (Å²) < 4.78 is 0. The van der Waals surface area contributed by atoms with Crippen molar-refractivity contribution in [2.45, 2.75) is 19.5 Å². The highest BCUT2D eigenvalue weighted by Crippen LogP contribution is 2.11. The van der Waals surface area contributed by atoms with Crippen molar-refractivity contribution in [3.05, 3.63) is 71.8 Å². The zero-order valence-electron chi connectivity index (χ0n) is 12.6. The average Bonchev–Trinajstić information content (AvgIpc) is 2.48. The lowest BCUT2D eigenvalue weighted by molar-refractivity contribution is -0.122. The highest BCUT2D eigenvalue weighted by atomic mass is 16.2. The number of hydrogen-bond donors (Lipinski definition) is 1. The van der Waals surface area contributed by atoms with Gasteiger partial charge in [0.2, 0.25) is 5.91 Å². The van der Waals surface area contributed by atoms with E-state index in [4.69, 9.17) is 0 Å². The molecule has 0 radical (unpaired) electrons. The number of carbonyl (C=O) groups is 1. The molecule has 0 saturated heterocycles. The predicted molar refractivity (Wildman–Crippen MR) is 85.8 cm³/mol. The van der Waals surface area contributed by atoms with Crippen molar-refractivity contribution in [3.63, 3.8) is 0 Å². The molecule has 21 heavy (non-hydrogen) atoms. The monoisotopic (exact) mass is 282 g/mol. The number of rotatable bonds is 6. The molecule has 0 aliphatic heterocycles. The molecular formula is C18H22N2O. The third kappa shape index (κ3) is 5.04. The summed E-state index contributed by atoms with van der Waals surface area (Å²) in [6.45, 7) is 3.17. The lowest BCUT2D eigenvalue weighted by Crippen LogP contribution is -2.36. The Morgan fingerprint density at radius 2 is 1.62 bits per heavy atom. The predicted octanol–water partition coefficient (Wildman–Crippen LogP) is 3.00. The van der Waals surface area contributed by atoms with Gasteiger partial charge in [0.05, 0.1) is 12.6 Å². The summed E-state index contributed by atoms with van der Waals surface area (Å²) in [4.78, 5) is 14.1. The molecule has 3 nitrogen and oxygen atoms in total.